The Labute approximate surface area is 179 Å². The lowest BCUT2D eigenvalue weighted by molar-refractivity contribution is 0.0950. The van der Waals surface area contributed by atoms with Crippen molar-refractivity contribution in [2.24, 2.45) is 5.10 Å². The van der Waals surface area contributed by atoms with Gasteiger partial charge in [0.1, 0.15) is 12.4 Å². The van der Waals surface area contributed by atoms with Crippen LogP contribution < -0.4 is 14.9 Å². The fourth-order valence-electron chi connectivity index (χ4n) is 2.66. The zero-order valence-corrected chi connectivity index (χ0v) is 17.1. The number of phenolic OH excluding ortho intramolecular Hbond substituents is 1. The summed E-state index contributed by atoms with van der Waals surface area (Å²) in [5.74, 6) is 0.409. The first-order valence-corrected chi connectivity index (χ1v) is 9.70. The molecule has 0 aliphatic heterocycles. The van der Waals surface area contributed by atoms with Crippen molar-refractivity contribution in [1.29, 1.82) is 0 Å². The SMILES string of the molecule is CCOc1cc(/C=N/NC(=O)c2ccccc2OCc2ccccc2Cl)ccc1O. The van der Waals surface area contributed by atoms with Gasteiger partial charge in [-0.1, -0.05) is 41.9 Å². The second kappa shape index (κ2) is 10.3. The van der Waals surface area contributed by atoms with E-state index >= 15 is 0 Å². The van der Waals surface area contributed by atoms with E-state index < -0.39 is 5.91 Å². The van der Waals surface area contributed by atoms with Crippen LogP contribution in [0.2, 0.25) is 5.02 Å². The van der Waals surface area contributed by atoms with Gasteiger partial charge in [-0.3, -0.25) is 4.79 Å². The van der Waals surface area contributed by atoms with Crippen molar-refractivity contribution in [3.63, 3.8) is 0 Å². The van der Waals surface area contributed by atoms with E-state index in [-0.39, 0.29) is 12.4 Å². The first-order chi connectivity index (χ1) is 14.6. The minimum atomic E-state index is -0.412. The second-order valence-corrected chi connectivity index (χ2v) is 6.64. The van der Waals surface area contributed by atoms with Gasteiger partial charge in [-0.05, 0) is 48.9 Å². The number of hydrogen-bond acceptors (Lipinski definition) is 5. The van der Waals surface area contributed by atoms with Gasteiger partial charge >= 0.3 is 0 Å². The maximum Gasteiger partial charge on any atom is 0.275 e. The van der Waals surface area contributed by atoms with Crippen molar-refractivity contribution in [2.45, 2.75) is 13.5 Å². The maximum atomic E-state index is 12.6. The van der Waals surface area contributed by atoms with E-state index in [1.54, 1.807) is 42.5 Å². The quantitative estimate of drug-likeness (QED) is 0.402. The molecule has 0 fully saturated rings. The van der Waals surface area contributed by atoms with Gasteiger partial charge in [-0.25, -0.2) is 5.43 Å². The molecule has 0 unspecified atom stereocenters. The van der Waals surface area contributed by atoms with Crippen LogP contribution in [0.4, 0.5) is 0 Å². The highest BCUT2D eigenvalue weighted by molar-refractivity contribution is 6.31. The summed E-state index contributed by atoms with van der Waals surface area (Å²) in [6, 6.07) is 19.1. The monoisotopic (exact) mass is 424 g/mol. The summed E-state index contributed by atoms with van der Waals surface area (Å²) in [7, 11) is 0. The van der Waals surface area contributed by atoms with Crippen molar-refractivity contribution < 1.29 is 19.4 Å². The predicted octanol–water partition coefficient (Wildman–Crippen LogP) is 4.79. The summed E-state index contributed by atoms with van der Waals surface area (Å²) in [6.07, 6.45) is 1.47. The number of benzene rings is 3. The molecule has 0 aromatic heterocycles. The molecule has 0 heterocycles. The third-order valence-electron chi connectivity index (χ3n) is 4.14. The van der Waals surface area contributed by atoms with Crippen LogP contribution in [-0.4, -0.2) is 23.8 Å². The van der Waals surface area contributed by atoms with E-state index in [4.69, 9.17) is 21.1 Å². The third kappa shape index (κ3) is 5.52. The van der Waals surface area contributed by atoms with E-state index in [1.807, 2.05) is 25.1 Å². The van der Waals surface area contributed by atoms with Crippen LogP contribution in [0.25, 0.3) is 0 Å². The summed E-state index contributed by atoms with van der Waals surface area (Å²) in [5.41, 5.74) is 4.32. The van der Waals surface area contributed by atoms with Gasteiger partial charge in [-0.15, -0.1) is 0 Å². The molecular formula is C23H21ClN2O4. The van der Waals surface area contributed by atoms with Crippen LogP contribution in [0.1, 0.15) is 28.4 Å². The molecule has 0 atom stereocenters. The lowest BCUT2D eigenvalue weighted by Crippen LogP contribution is -2.18. The summed E-state index contributed by atoms with van der Waals surface area (Å²) in [5, 5.41) is 14.3. The van der Waals surface area contributed by atoms with E-state index in [9.17, 15) is 9.90 Å². The molecular weight excluding hydrogens is 404 g/mol. The standard InChI is InChI=1S/C23H21ClN2O4/c1-2-29-22-13-16(11-12-20(22)27)14-25-26-23(28)18-8-4-6-10-21(18)30-15-17-7-3-5-9-19(17)24/h3-14,27H,2,15H2,1H3,(H,26,28)/b25-14+. The van der Waals surface area contributed by atoms with Crippen LogP contribution >= 0.6 is 11.6 Å². The molecule has 3 aromatic carbocycles. The molecule has 7 heteroatoms. The number of aromatic hydroxyl groups is 1. The summed E-state index contributed by atoms with van der Waals surface area (Å²) < 4.78 is 11.1. The highest BCUT2D eigenvalue weighted by atomic mass is 35.5. The molecule has 30 heavy (non-hydrogen) atoms. The number of hydrogen-bond donors (Lipinski definition) is 2. The van der Waals surface area contributed by atoms with Crippen LogP contribution in [0.3, 0.4) is 0 Å². The molecule has 3 rings (SSSR count). The number of nitrogens with zero attached hydrogens (tertiary/aromatic N) is 1. The zero-order valence-electron chi connectivity index (χ0n) is 16.3. The van der Waals surface area contributed by atoms with Gasteiger partial charge in [0.2, 0.25) is 0 Å². The molecule has 2 N–H and O–H groups in total. The first kappa shape index (κ1) is 21.2. The molecule has 0 aliphatic carbocycles. The Hall–Kier alpha value is -3.51. The number of halogens is 1. The molecule has 0 aliphatic rings. The van der Waals surface area contributed by atoms with Crippen LogP contribution in [-0.2, 0) is 6.61 Å². The van der Waals surface area contributed by atoms with Gasteiger partial charge in [0.15, 0.2) is 11.5 Å². The number of rotatable bonds is 8. The second-order valence-electron chi connectivity index (χ2n) is 6.24. The van der Waals surface area contributed by atoms with Crippen molar-refractivity contribution >= 4 is 23.7 Å². The molecule has 0 spiro atoms. The molecule has 1 amide bonds. The Bertz CT molecular complexity index is 1050. The Morgan fingerprint density at radius 2 is 1.83 bits per heavy atom. The molecule has 154 valence electrons. The smallest absolute Gasteiger partial charge is 0.275 e. The first-order valence-electron chi connectivity index (χ1n) is 9.33. The summed E-state index contributed by atoms with van der Waals surface area (Å²) in [6.45, 7) is 2.49. The highest BCUT2D eigenvalue weighted by Crippen LogP contribution is 2.26. The summed E-state index contributed by atoms with van der Waals surface area (Å²) >= 11 is 6.16. The fraction of sp³-hybridized carbons (Fsp3) is 0.130. The average molecular weight is 425 g/mol. The van der Waals surface area contributed by atoms with Crippen molar-refractivity contribution in [3.8, 4) is 17.2 Å². The lowest BCUT2D eigenvalue weighted by atomic mass is 10.2. The molecule has 0 bridgehead atoms. The number of hydrazone groups is 1. The Balaban J connectivity index is 1.67. The number of carbonyl (C=O) groups excluding carboxylic acids is 1. The number of carbonyl (C=O) groups is 1. The van der Waals surface area contributed by atoms with Crippen LogP contribution in [0, 0.1) is 0 Å². The predicted molar refractivity (Wildman–Crippen MR) is 117 cm³/mol. The van der Waals surface area contributed by atoms with Crippen molar-refractivity contribution in [1.82, 2.24) is 5.43 Å². The molecule has 6 nitrogen and oxygen atoms in total. The zero-order chi connectivity index (χ0) is 21.3. The largest absolute Gasteiger partial charge is 0.504 e. The molecule has 3 aromatic rings. The minimum absolute atomic E-state index is 0.0441. The minimum Gasteiger partial charge on any atom is -0.504 e. The Kier molecular flexibility index (Phi) is 7.29. The molecule has 0 radical (unpaired) electrons. The van der Waals surface area contributed by atoms with E-state index in [1.165, 1.54) is 12.3 Å². The summed E-state index contributed by atoms with van der Waals surface area (Å²) in [4.78, 5) is 12.6. The van der Waals surface area contributed by atoms with Gasteiger partial charge in [0, 0.05) is 10.6 Å². The highest BCUT2D eigenvalue weighted by Gasteiger charge is 2.12. The number of ether oxygens (including phenoxy) is 2. The normalized spacial score (nSPS) is 10.7. The van der Waals surface area contributed by atoms with Gasteiger partial charge in [0.05, 0.1) is 18.4 Å². The fourth-order valence-corrected chi connectivity index (χ4v) is 2.85. The van der Waals surface area contributed by atoms with Crippen LogP contribution in [0.5, 0.6) is 17.2 Å². The van der Waals surface area contributed by atoms with Gasteiger partial charge in [0.25, 0.3) is 5.91 Å². The van der Waals surface area contributed by atoms with E-state index in [0.29, 0.717) is 34.3 Å². The number of para-hydroxylation sites is 1. The third-order valence-corrected chi connectivity index (χ3v) is 4.50. The average Bonchev–Trinajstić information content (AvgIpc) is 2.75. The Morgan fingerprint density at radius 1 is 1.07 bits per heavy atom. The topological polar surface area (TPSA) is 80.2 Å². The van der Waals surface area contributed by atoms with Gasteiger partial charge in [-0.2, -0.15) is 5.10 Å². The number of phenols is 1. The van der Waals surface area contributed by atoms with Gasteiger partial charge < -0.3 is 14.6 Å². The number of nitrogens with one attached hydrogen (secondary N) is 1. The molecule has 0 saturated heterocycles. The maximum absolute atomic E-state index is 12.6. The lowest BCUT2D eigenvalue weighted by Gasteiger charge is -2.11. The van der Waals surface area contributed by atoms with Crippen LogP contribution in [0.15, 0.2) is 71.8 Å². The van der Waals surface area contributed by atoms with Crippen molar-refractivity contribution in [2.75, 3.05) is 6.61 Å². The van der Waals surface area contributed by atoms with E-state index in [0.717, 1.165) is 5.56 Å². The molecule has 0 saturated carbocycles. The van der Waals surface area contributed by atoms with E-state index in [2.05, 4.69) is 10.5 Å². The number of amides is 1. The Morgan fingerprint density at radius 3 is 2.63 bits per heavy atom. The van der Waals surface area contributed by atoms with Crippen molar-refractivity contribution in [3.05, 3.63) is 88.4 Å².